The molecule has 2 amide bonds. The topological polar surface area (TPSA) is 122 Å². The summed E-state index contributed by atoms with van der Waals surface area (Å²) in [4.78, 5) is 51.8. The number of thioether (sulfide) groups is 1. The van der Waals surface area contributed by atoms with Crippen LogP contribution < -0.4 is 10.6 Å². The van der Waals surface area contributed by atoms with Crippen molar-refractivity contribution in [2.75, 3.05) is 0 Å². The second-order valence-electron chi connectivity index (χ2n) is 10.0. The summed E-state index contributed by atoms with van der Waals surface area (Å²) in [5.74, 6) is -1.42. The first kappa shape index (κ1) is 29.2. The molecule has 8 nitrogen and oxygen atoms in total. The van der Waals surface area contributed by atoms with E-state index in [-0.39, 0.29) is 35.7 Å². The van der Waals surface area contributed by atoms with Crippen LogP contribution in [0.4, 0.5) is 0 Å². The van der Waals surface area contributed by atoms with Crippen LogP contribution in [-0.2, 0) is 36.9 Å². The van der Waals surface area contributed by atoms with Gasteiger partial charge in [0.15, 0.2) is 5.12 Å². The zero-order valence-corrected chi connectivity index (χ0v) is 22.9. The van der Waals surface area contributed by atoms with Crippen molar-refractivity contribution in [3.63, 3.8) is 0 Å². The average molecular weight is 541 g/mol. The van der Waals surface area contributed by atoms with Crippen molar-refractivity contribution in [2.45, 2.75) is 76.3 Å². The van der Waals surface area contributed by atoms with E-state index in [9.17, 15) is 24.3 Å². The van der Waals surface area contributed by atoms with Gasteiger partial charge in [0.2, 0.25) is 11.8 Å². The Morgan fingerprint density at radius 2 is 1.61 bits per heavy atom. The fourth-order valence-corrected chi connectivity index (χ4v) is 5.35. The maximum absolute atomic E-state index is 13.7. The van der Waals surface area contributed by atoms with Gasteiger partial charge in [-0.2, -0.15) is 0 Å². The molecule has 0 saturated heterocycles. The Hall–Kier alpha value is -3.33. The summed E-state index contributed by atoms with van der Waals surface area (Å²) in [5.41, 5.74) is 0.374. The molecule has 0 heterocycles. The number of phenolic OH excluding ortho intramolecular Hbond substituents is 1. The highest BCUT2D eigenvalue weighted by Crippen LogP contribution is 2.32. The summed E-state index contributed by atoms with van der Waals surface area (Å²) in [5, 5.41) is 14.6. The van der Waals surface area contributed by atoms with E-state index < -0.39 is 28.7 Å². The molecule has 3 rings (SSSR count). The highest BCUT2D eigenvalue weighted by atomic mass is 32.2. The number of carbonyl (C=O) groups excluding carboxylic acids is 4. The van der Waals surface area contributed by atoms with E-state index in [1.54, 1.807) is 12.1 Å². The Morgan fingerprint density at radius 1 is 0.974 bits per heavy atom. The van der Waals surface area contributed by atoms with E-state index in [2.05, 4.69) is 10.6 Å². The van der Waals surface area contributed by atoms with E-state index in [0.717, 1.165) is 35.7 Å². The minimum atomic E-state index is -1.17. The molecular weight excluding hydrogens is 504 g/mol. The highest BCUT2D eigenvalue weighted by Gasteiger charge is 2.45. The SMILES string of the molecule is CC(=O)S[C@@H](C(=O)NC1(C(=O)N[C@@H](Cc2ccc(O)cc2)C(=O)OCc2ccccc2)CCCC1)C(C)C. The van der Waals surface area contributed by atoms with Crippen LogP contribution in [0.2, 0.25) is 0 Å². The van der Waals surface area contributed by atoms with Crippen LogP contribution in [-0.4, -0.2) is 44.8 Å². The van der Waals surface area contributed by atoms with Crippen molar-refractivity contribution in [1.82, 2.24) is 10.6 Å². The predicted octanol–water partition coefficient (Wildman–Crippen LogP) is 3.90. The lowest BCUT2D eigenvalue weighted by molar-refractivity contribution is -0.150. The Bertz CT molecular complexity index is 1110. The number of ether oxygens (including phenoxy) is 1. The third-order valence-corrected chi connectivity index (χ3v) is 7.95. The van der Waals surface area contributed by atoms with Gasteiger partial charge in [0.05, 0.1) is 5.25 Å². The van der Waals surface area contributed by atoms with Crippen molar-refractivity contribution >= 4 is 34.7 Å². The number of phenols is 1. The monoisotopic (exact) mass is 540 g/mol. The van der Waals surface area contributed by atoms with Crippen molar-refractivity contribution in [1.29, 1.82) is 0 Å². The smallest absolute Gasteiger partial charge is 0.329 e. The van der Waals surface area contributed by atoms with Crippen LogP contribution in [0, 0.1) is 5.92 Å². The molecule has 2 atom stereocenters. The maximum Gasteiger partial charge on any atom is 0.329 e. The molecule has 0 spiro atoms. The molecule has 3 N–H and O–H groups in total. The standard InChI is InChI=1S/C29H36N2O6S/c1-19(2)25(38-20(3)32)26(34)31-29(15-7-8-16-29)28(36)30-24(17-21-11-13-23(33)14-12-21)27(35)37-18-22-9-5-4-6-10-22/h4-6,9-14,19,24-25,33H,7-8,15-18H2,1-3H3,(H,30,36)(H,31,34)/t24-,25+/m0/s1. The van der Waals surface area contributed by atoms with Gasteiger partial charge in [-0.3, -0.25) is 14.4 Å². The molecule has 38 heavy (non-hydrogen) atoms. The molecule has 1 aliphatic carbocycles. The quantitative estimate of drug-likeness (QED) is 0.370. The summed E-state index contributed by atoms with van der Waals surface area (Å²) in [6.45, 7) is 5.19. The lowest BCUT2D eigenvalue weighted by Gasteiger charge is -2.33. The molecule has 9 heteroatoms. The van der Waals surface area contributed by atoms with Crippen LogP contribution in [0.5, 0.6) is 5.75 Å². The van der Waals surface area contributed by atoms with Gasteiger partial charge in [0.25, 0.3) is 0 Å². The third-order valence-electron chi connectivity index (χ3n) is 6.60. The normalized spacial score (nSPS) is 15.9. The lowest BCUT2D eigenvalue weighted by atomic mass is 9.94. The van der Waals surface area contributed by atoms with E-state index in [1.807, 2.05) is 44.2 Å². The predicted molar refractivity (Wildman–Crippen MR) is 146 cm³/mol. The van der Waals surface area contributed by atoms with Gasteiger partial charge in [0, 0.05) is 13.3 Å². The molecule has 0 bridgehead atoms. The molecule has 1 aliphatic rings. The van der Waals surface area contributed by atoms with Crippen LogP contribution in [0.1, 0.15) is 57.6 Å². The summed E-state index contributed by atoms with van der Waals surface area (Å²) >= 11 is 0.959. The fraction of sp³-hybridized carbons (Fsp3) is 0.448. The number of benzene rings is 2. The minimum Gasteiger partial charge on any atom is -0.508 e. The second-order valence-corrected chi connectivity index (χ2v) is 11.4. The lowest BCUT2D eigenvalue weighted by Crippen LogP contribution is -2.61. The third kappa shape index (κ3) is 8.08. The van der Waals surface area contributed by atoms with Crippen LogP contribution in [0.25, 0.3) is 0 Å². The number of carbonyl (C=O) groups is 4. The zero-order valence-electron chi connectivity index (χ0n) is 22.1. The van der Waals surface area contributed by atoms with Gasteiger partial charge in [-0.25, -0.2) is 4.79 Å². The second kappa shape index (κ2) is 13.5. The number of aromatic hydroxyl groups is 1. The Kier molecular flexibility index (Phi) is 10.4. The molecular formula is C29H36N2O6S. The number of hydrogen-bond donors (Lipinski definition) is 3. The number of esters is 1. The first-order chi connectivity index (χ1) is 18.1. The highest BCUT2D eigenvalue weighted by molar-refractivity contribution is 8.14. The van der Waals surface area contributed by atoms with Crippen molar-refractivity contribution < 1.29 is 29.0 Å². The van der Waals surface area contributed by atoms with Crippen LogP contribution in [0.15, 0.2) is 54.6 Å². The molecule has 0 unspecified atom stereocenters. The first-order valence-electron chi connectivity index (χ1n) is 12.9. The molecule has 1 fully saturated rings. The van der Waals surface area contributed by atoms with Crippen LogP contribution >= 0.6 is 11.8 Å². The van der Waals surface area contributed by atoms with Gasteiger partial charge in [-0.1, -0.05) is 80.9 Å². The summed E-state index contributed by atoms with van der Waals surface area (Å²) in [6, 6.07) is 14.6. The van der Waals surface area contributed by atoms with Gasteiger partial charge in [-0.05, 0) is 42.0 Å². The van der Waals surface area contributed by atoms with E-state index in [4.69, 9.17) is 4.74 Å². The molecule has 1 saturated carbocycles. The molecule has 2 aromatic carbocycles. The van der Waals surface area contributed by atoms with Crippen LogP contribution in [0.3, 0.4) is 0 Å². The number of amides is 2. The Balaban J connectivity index is 1.79. The van der Waals surface area contributed by atoms with Gasteiger partial charge >= 0.3 is 5.97 Å². The Morgan fingerprint density at radius 3 is 2.18 bits per heavy atom. The summed E-state index contributed by atoms with van der Waals surface area (Å²) in [6.07, 6.45) is 2.52. The molecule has 0 aliphatic heterocycles. The van der Waals surface area contributed by atoms with Crippen molar-refractivity contribution in [2.24, 2.45) is 5.92 Å². The molecule has 2 aromatic rings. The van der Waals surface area contributed by atoms with Gasteiger partial charge in [0.1, 0.15) is 23.9 Å². The Labute approximate surface area is 227 Å². The fourth-order valence-electron chi connectivity index (χ4n) is 4.55. The average Bonchev–Trinajstić information content (AvgIpc) is 3.36. The van der Waals surface area contributed by atoms with E-state index in [1.165, 1.54) is 19.1 Å². The molecule has 0 aromatic heterocycles. The molecule has 0 radical (unpaired) electrons. The zero-order chi connectivity index (χ0) is 27.7. The number of rotatable bonds is 11. The minimum absolute atomic E-state index is 0.0574. The van der Waals surface area contributed by atoms with E-state index in [0.29, 0.717) is 12.8 Å². The number of nitrogens with one attached hydrogen (secondary N) is 2. The van der Waals surface area contributed by atoms with Gasteiger partial charge in [-0.15, -0.1) is 0 Å². The molecule has 204 valence electrons. The van der Waals surface area contributed by atoms with Crippen molar-refractivity contribution in [3.05, 3.63) is 65.7 Å². The van der Waals surface area contributed by atoms with Crippen molar-refractivity contribution in [3.8, 4) is 5.75 Å². The maximum atomic E-state index is 13.7. The van der Waals surface area contributed by atoms with Gasteiger partial charge < -0.3 is 20.5 Å². The summed E-state index contributed by atoms with van der Waals surface area (Å²) in [7, 11) is 0. The van der Waals surface area contributed by atoms with E-state index >= 15 is 0 Å². The first-order valence-corrected chi connectivity index (χ1v) is 13.8. The summed E-state index contributed by atoms with van der Waals surface area (Å²) < 4.78 is 5.55. The largest absolute Gasteiger partial charge is 0.508 e. The number of hydrogen-bond acceptors (Lipinski definition) is 7.